The monoisotopic (exact) mass is 312 g/mol. The molecule has 0 saturated heterocycles. The molecule has 3 heteroatoms. The summed E-state index contributed by atoms with van der Waals surface area (Å²) in [5, 5.41) is 10.5. The molecular weight excluding hydrogens is 288 g/mol. The molecule has 0 aromatic rings. The molecule has 0 radical (unpaired) electrons. The normalized spacial score (nSPS) is 37.3. The molecule has 5 atom stereocenters. The lowest BCUT2D eigenvalue weighted by Gasteiger charge is -2.39. The number of Topliss-reactive ketones (excluding diaryl/α,β-unsaturated/α-hetero) is 2. The molecule has 3 rings (SSSR count). The van der Waals surface area contributed by atoms with E-state index in [0.29, 0.717) is 16.7 Å². The third-order valence-electron chi connectivity index (χ3n) is 5.79. The molecule has 0 aliphatic heterocycles. The fourth-order valence-corrected chi connectivity index (χ4v) is 4.46. The summed E-state index contributed by atoms with van der Waals surface area (Å²) in [6.45, 7) is 13.8. The highest BCUT2D eigenvalue weighted by Gasteiger charge is 2.50. The fourth-order valence-electron chi connectivity index (χ4n) is 4.46. The van der Waals surface area contributed by atoms with Crippen molar-refractivity contribution in [2.75, 3.05) is 0 Å². The van der Waals surface area contributed by atoms with E-state index in [0.717, 1.165) is 24.0 Å². The van der Waals surface area contributed by atoms with Crippen LogP contribution in [-0.4, -0.2) is 22.8 Å². The van der Waals surface area contributed by atoms with Gasteiger partial charge < -0.3 is 5.11 Å². The minimum absolute atomic E-state index is 0.0339. The van der Waals surface area contributed by atoms with Gasteiger partial charge in [-0.2, -0.15) is 0 Å². The van der Waals surface area contributed by atoms with Crippen LogP contribution in [0.4, 0.5) is 0 Å². The topological polar surface area (TPSA) is 54.4 Å². The van der Waals surface area contributed by atoms with Gasteiger partial charge in [0.25, 0.3) is 0 Å². The zero-order chi connectivity index (χ0) is 17.0. The molecule has 23 heavy (non-hydrogen) atoms. The van der Waals surface area contributed by atoms with Crippen LogP contribution in [0.15, 0.2) is 47.1 Å². The number of aliphatic hydroxyl groups is 1. The molecule has 0 bridgehead atoms. The van der Waals surface area contributed by atoms with Crippen molar-refractivity contribution in [2.24, 2.45) is 23.7 Å². The summed E-state index contributed by atoms with van der Waals surface area (Å²) in [4.78, 5) is 25.5. The second kappa shape index (κ2) is 5.41. The third kappa shape index (κ3) is 2.21. The number of carbonyl (C=O) groups is 2. The van der Waals surface area contributed by atoms with Crippen molar-refractivity contribution in [3.8, 4) is 0 Å². The van der Waals surface area contributed by atoms with Crippen LogP contribution in [0.1, 0.15) is 33.6 Å². The summed E-state index contributed by atoms with van der Waals surface area (Å²) < 4.78 is 0. The number of hydrogen-bond acceptors (Lipinski definition) is 3. The molecule has 0 aromatic carbocycles. The van der Waals surface area contributed by atoms with Crippen molar-refractivity contribution in [1.82, 2.24) is 0 Å². The molecule has 3 aliphatic carbocycles. The highest BCUT2D eigenvalue weighted by atomic mass is 16.3. The van der Waals surface area contributed by atoms with E-state index < -0.39 is 12.0 Å². The van der Waals surface area contributed by atoms with Crippen LogP contribution in [0, 0.1) is 23.7 Å². The van der Waals surface area contributed by atoms with Gasteiger partial charge in [0.15, 0.2) is 11.6 Å². The Balaban J connectivity index is 2.23. The smallest absolute Gasteiger partial charge is 0.187 e. The average Bonchev–Trinajstić information content (AvgIpc) is 2.64. The van der Waals surface area contributed by atoms with Crippen molar-refractivity contribution in [3.63, 3.8) is 0 Å². The van der Waals surface area contributed by atoms with Gasteiger partial charge in [-0.3, -0.25) is 9.59 Å². The molecule has 0 amide bonds. The molecule has 3 aliphatic rings. The molecule has 0 heterocycles. The predicted octanol–water partition coefficient (Wildman–Crippen LogP) is 3.17. The molecule has 0 aromatic heterocycles. The van der Waals surface area contributed by atoms with Crippen LogP contribution in [-0.2, 0) is 9.59 Å². The third-order valence-corrected chi connectivity index (χ3v) is 5.79. The number of ketones is 2. The molecule has 1 N–H and O–H groups in total. The summed E-state index contributed by atoms with van der Waals surface area (Å²) in [7, 11) is 0. The Labute approximate surface area is 137 Å². The zero-order valence-corrected chi connectivity index (χ0v) is 14.1. The summed E-state index contributed by atoms with van der Waals surface area (Å²) in [6.07, 6.45) is 2.76. The van der Waals surface area contributed by atoms with Gasteiger partial charge in [-0.05, 0) is 44.1 Å². The Morgan fingerprint density at radius 2 is 1.96 bits per heavy atom. The van der Waals surface area contributed by atoms with Crippen molar-refractivity contribution < 1.29 is 14.7 Å². The van der Waals surface area contributed by atoms with Crippen LogP contribution in [0.2, 0.25) is 0 Å². The number of carbonyl (C=O) groups excluding carboxylic acids is 2. The van der Waals surface area contributed by atoms with E-state index in [1.54, 1.807) is 13.8 Å². The molecule has 5 unspecified atom stereocenters. The highest BCUT2D eigenvalue weighted by molar-refractivity contribution is 6.18. The SMILES string of the molecule is C=C(C)C1CCC(=C)C2C3=C(C(=O)C(C)=CC12)C(O)C(C)C3=O. The van der Waals surface area contributed by atoms with Crippen molar-refractivity contribution in [1.29, 1.82) is 0 Å². The van der Waals surface area contributed by atoms with Crippen molar-refractivity contribution in [2.45, 2.75) is 39.7 Å². The van der Waals surface area contributed by atoms with E-state index in [9.17, 15) is 14.7 Å². The van der Waals surface area contributed by atoms with E-state index in [4.69, 9.17) is 0 Å². The lowest BCUT2D eigenvalue weighted by Crippen LogP contribution is -2.32. The second-order valence-corrected chi connectivity index (χ2v) is 7.31. The second-order valence-electron chi connectivity index (χ2n) is 7.31. The van der Waals surface area contributed by atoms with Gasteiger partial charge in [0.2, 0.25) is 0 Å². The Kier molecular flexibility index (Phi) is 3.80. The molecule has 3 nitrogen and oxygen atoms in total. The minimum Gasteiger partial charge on any atom is -0.387 e. The van der Waals surface area contributed by atoms with Gasteiger partial charge in [0.1, 0.15) is 0 Å². The van der Waals surface area contributed by atoms with Crippen LogP contribution in [0.25, 0.3) is 0 Å². The van der Waals surface area contributed by atoms with E-state index >= 15 is 0 Å². The van der Waals surface area contributed by atoms with Crippen molar-refractivity contribution >= 4 is 11.6 Å². The number of fused-ring (bicyclic) bond motifs is 2. The van der Waals surface area contributed by atoms with Gasteiger partial charge in [-0.25, -0.2) is 0 Å². The largest absolute Gasteiger partial charge is 0.387 e. The minimum atomic E-state index is -0.995. The van der Waals surface area contributed by atoms with E-state index in [-0.39, 0.29) is 29.3 Å². The molecule has 1 fully saturated rings. The first kappa shape index (κ1) is 16.1. The standard InChI is InChI=1S/C20H24O3/c1-9(2)13-7-6-10(3)15-14(13)8-11(4)18(21)17-16(15)19(22)12(5)20(17)23/h8,12-15,20,23H,1,3,6-7H2,2,4-5H3. The number of rotatable bonds is 1. The van der Waals surface area contributed by atoms with Gasteiger partial charge in [0.05, 0.1) is 6.10 Å². The molecule has 1 saturated carbocycles. The number of hydrogen-bond donors (Lipinski definition) is 1. The maximum Gasteiger partial charge on any atom is 0.187 e. The average molecular weight is 312 g/mol. The van der Waals surface area contributed by atoms with E-state index in [1.807, 2.05) is 13.0 Å². The maximum atomic E-state index is 12.8. The Morgan fingerprint density at radius 1 is 1.30 bits per heavy atom. The quantitative estimate of drug-likeness (QED) is 0.757. The number of allylic oxidation sites excluding steroid dienone is 5. The van der Waals surface area contributed by atoms with Crippen LogP contribution >= 0.6 is 0 Å². The summed E-state index contributed by atoms with van der Waals surface area (Å²) >= 11 is 0. The molecule has 122 valence electrons. The predicted molar refractivity (Wildman–Crippen MR) is 89.6 cm³/mol. The summed E-state index contributed by atoms with van der Waals surface area (Å²) in [5.74, 6) is -0.731. The lowest BCUT2D eigenvalue weighted by atomic mass is 9.64. The van der Waals surface area contributed by atoms with Gasteiger partial charge in [-0.15, -0.1) is 0 Å². The fraction of sp³-hybridized carbons (Fsp3) is 0.500. The Bertz CT molecular complexity index is 692. The van der Waals surface area contributed by atoms with Crippen LogP contribution in [0.5, 0.6) is 0 Å². The summed E-state index contributed by atoms with van der Waals surface area (Å²) in [6, 6.07) is 0. The Hall–Kier alpha value is -1.74. The van der Waals surface area contributed by atoms with E-state index in [1.165, 1.54) is 0 Å². The van der Waals surface area contributed by atoms with Crippen LogP contribution < -0.4 is 0 Å². The molecular formula is C20H24O3. The van der Waals surface area contributed by atoms with Crippen LogP contribution in [0.3, 0.4) is 0 Å². The number of aliphatic hydroxyl groups excluding tert-OH is 1. The van der Waals surface area contributed by atoms with Crippen molar-refractivity contribution in [3.05, 3.63) is 47.1 Å². The lowest BCUT2D eigenvalue weighted by molar-refractivity contribution is -0.120. The Morgan fingerprint density at radius 3 is 2.57 bits per heavy atom. The first-order valence-corrected chi connectivity index (χ1v) is 8.28. The molecule has 0 spiro atoms. The highest BCUT2D eigenvalue weighted by Crippen LogP contribution is 2.50. The first-order chi connectivity index (χ1) is 10.8. The summed E-state index contributed by atoms with van der Waals surface area (Å²) in [5.41, 5.74) is 3.52. The van der Waals surface area contributed by atoms with Gasteiger partial charge in [0, 0.05) is 23.0 Å². The maximum absolute atomic E-state index is 12.8. The van der Waals surface area contributed by atoms with E-state index in [2.05, 4.69) is 13.2 Å². The first-order valence-electron chi connectivity index (χ1n) is 8.28. The zero-order valence-electron chi connectivity index (χ0n) is 14.1. The van der Waals surface area contributed by atoms with Gasteiger partial charge in [-0.1, -0.05) is 37.3 Å². The van der Waals surface area contributed by atoms with Gasteiger partial charge >= 0.3 is 0 Å².